The Morgan fingerprint density at radius 1 is 1.12 bits per heavy atom. The number of piperidine rings is 1. The molecule has 0 aliphatic carbocycles. The first kappa shape index (κ1) is 18.4. The number of benzene rings is 1. The van der Waals surface area contributed by atoms with E-state index in [-0.39, 0.29) is 11.9 Å². The summed E-state index contributed by atoms with van der Waals surface area (Å²) >= 11 is 0. The van der Waals surface area contributed by atoms with E-state index in [1.54, 1.807) is 26.0 Å². The van der Waals surface area contributed by atoms with Gasteiger partial charge in [0.25, 0.3) is 0 Å². The Bertz CT molecular complexity index is 774. The highest BCUT2D eigenvalue weighted by Crippen LogP contribution is 2.31. The number of nitrogens with zero attached hydrogens (tertiary/aromatic N) is 3. The third kappa shape index (κ3) is 4.05. The summed E-state index contributed by atoms with van der Waals surface area (Å²) < 4.78 is 52.2. The van der Waals surface area contributed by atoms with Gasteiger partial charge in [0, 0.05) is 36.1 Å². The second-order valence-corrected chi connectivity index (χ2v) is 6.52. The minimum Gasteiger partial charge on any atom is -0.381 e. The van der Waals surface area contributed by atoms with Gasteiger partial charge in [0.05, 0.1) is 0 Å². The third-order valence-corrected chi connectivity index (χ3v) is 4.55. The Hall–Kier alpha value is -2.38. The highest BCUT2D eigenvalue weighted by Gasteiger charge is 2.36. The van der Waals surface area contributed by atoms with Gasteiger partial charge in [0.1, 0.15) is 11.6 Å². The van der Waals surface area contributed by atoms with Gasteiger partial charge in [-0.15, -0.1) is 0 Å². The molecule has 2 heterocycles. The highest BCUT2D eigenvalue weighted by atomic mass is 19.4. The van der Waals surface area contributed by atoms with Crippen molar-refractivity contribution in [1.29, 1.82) is 0 Å². The molecule has 0 amide bonds. The molecule has 0 unspecified atom stereocenters. The molecular weight excluding hydrogens is 348 g/mol. The lowest BCUT2D eigenvalue weighted by Gasteiger charge is -2.35. The number of anilines is 2. The summed E-state index contributed by atoms with van der Waals surface area (Å²) in [7, 11) is 0. The van der Waals surface area contributed by atoms with E-state index in [2.05, 4.69) is 15.3 Å². The van der Waals surface area contributed by atoms with Crippen LogP contribution in [0.2, 0.25) is 0 Å². The van der Waals surface area contributed by atoms with E-state index in [9.17, 15) is 17.6 Å². The molecule has 4 nitrogen and oxygen atoms in total. The first-order valence-electron chi connectivity index (χ1n) is 8.43. The van der Waals surface area contributed by atoms with Gasteiger partial charge in [-0.2, -0.15) is 13.2 Å². The Balaban J connectivity index is 1.81. The first-order chi connectivity index (χ1) is 12.2. The number of aryl methyl sites for hydroxylation is 1. The lowest BCUT2D eigenvalue weighted by atomic mass is 10.0. The van der Waals surface area contributed by atoms with Crippen LogP contribution >= 0.6 is 0 Å². The SMILES string of the molecule is Cc1nc(C(F)(F)F)nc(N2CCC[C@@H](Nc3ccc(F)cc3)C2)c1C. The van der Waals surface area contributed by atoms with Gasteiger partial charge in [-0.1, -0.05) is 0 Å². The van der Waals surface area contributed by atoms with Crippen LogP contribution in [0.5, 0.6) is 0 Å². The van der Waals surface area contributed by atoms with Crippen LogP contribution in [-0.4, -0.2) is 29.1 Å². The van der Waals surface area contributed by atoms with Crippen LogP contribution in [0.15, 0.2) is 24.3 Å². The van der Waals surface area contributed by atoms with E-state index in [1.165, 1.54) is 12.1 Å². The number of hydrogen-bond acceptors (Lipinski definition) is 4. The summed E-state index contributed by atoms with van der Waals surface area (Å²) in [5, 5.41) is 3.31. The summed E-state index contributed by atoms with van der Waals surface area (Å²) in [6, 6.07) is 6.08. The maximum Gasteiger partial charge on any atom is 0.451 e. The number of rotatable bonds is 3. The molecule has 140 valence electrons. The van der Waals surface area contributed by atoms with Crippen LogP contribution in [0.25, 0.3) is 0 Å². The van der Waals surface area contributed by atoms with E-state index in [1.807, 2.05) is 4.90 Å². The van der Waals surface area contributed by atoms with Crippen molar-refractivity contribution in [2.24, 2.45) is 0 Å². The van der Waals surface area contributed by atoms with Crippen molar-refractivity contribution in [2.45, 2.75) is 38.9 Å². The number of nitrogens with one attached hydrogen (secondary N) is 1. The van der Waals surface area contributed by atoms with Crippen LogP contribution in [0.4, 0.5) is 29.1 Å². The maximum absolute atomic E-state index is 13.1. The molecular formula is C18H20F4N4. The van der Waals surface area contributed by atoms with Crippen LogP contribution in [0, 0.1) is 19.7 Å². The Labute approximate surface area is 149 Å². The minimum atomic E-state index is -4.57. The predicted molar refractivity (Wildman–Crippen MR) is 91.8 cm³/mol. The van der Waals surface area contributed by atoms with Crippen molar-refractivity contribution in [3.63, 3.8) is 0 Å². The smallest absolute Gasteiger partial charge is 0.381 e. The molecule has 1 atom stereocenters. The zero-order valence-corrected chi connectivity index (χ0v) is 14.6. The van der Waals surface area contributed by atoms with Crippen molar-refractivity contribution in [3.05, 3.63) is 47.2 Å². The monoisotopic (exact) mass is 368 g/mol. The molecule has 1 saturated heterocycles. The molecule has 0 radical (unpaired) electrons. The van der Waals surface area contributed by atoms with Gasteiger partial charge in [-0.25, -0.2) is 14.4 Å². The quantitative estimate of drug-likeness (QED) is 0.819. The van der Waals surface area contributed by atoms with E-state index < -0.39 is 12.0 Å². The van der Waals surface area contributed by atoms with E-state index in [0.717, 1.165) is 18.5 Å². The summed E-state index contributed by atoms with van der Waals surface area (Å²) in [5.74, 6) is -1.09. The molecule has 0 saturated carbocycles. The second-order valence-electron chi connectivity index (χ2n) is 6.52. The number of alkyl halides is 3. The van der Waals surface area contributed by atoms with Crippen LogP contribution in [0.3, 0.4) is 0 Å². The summed E-state index contributed by atoms with van der Waals surface area (Å²) in [4.78, 5) is 9.24. The zero-order chi connectivity index (χ0) is 18.9. The molecule has 1 aromatic heterocycles. The molecule has 0 spiro atoms. The number of aromatic nitrogens is 2. The van der Waals surface area contributed by atoms with Crippen LogP contribution in [-0.2, 0) is 6.18 Å². The van der Waals surface area contributed by atoms with Crippen molar-refractivity contribution in [2.75, 3.05) is 23.3 Å². The van der Waals surface area contributed by atoms with Crippen molar-refractivity contribution in [1.82, 2.24) is 9.97 Å². The summed E-state index contributed by atoms with van der Waals surface area (Å²) in [6.07, 6.45) is -2.87. The minimum absolute atomic E-state index is 0.0400. The van der Waals surface area contributed by atoms with Gasteiger partial charge < -0.3 is 10.2 Å². The van der Waals surface area contributed by atoms with Gasteiger partial charge in [-0.3, -0.25) is 0 Å². The van der Waals surface area contributed by atoms with E-state index in [0.29, 0.717) is 30.2 Å². The second kappa shape index (κ2) is 7.09. The summed E-state index contributed by atoms with van der Waals surface area (Å²) in [6.45, 7) is 4.46. The third-order valence-electron chi connectivity index (χ3n) is 4.55. The first-order valence-corrected chi connectivity index (χ1v) is 8.43. The molecule has 8 heteroatoms. The molecule has 3 rings (SSSR count). The number of halogens is 4. The fraction of sp³-hybridized carbons (Fsp3) is 0.444. The number of hydrogen-bond donors (Lipinski definition) is 1. The molecule has 1 aromatic carbocycles. The molecule has 2 aromatic rings. The predicted octanol–water partition coefficient (Wildman–Crippen LogP) is 4.33. The van der Waals surface area contributed by atoms with Gasteiger partial charge >= 0.3 is 6.18 Å². The molecule has 0 bridgehead atoms. The topological polar surface area (TPSA) is 41.1 Å². The van der Waals surface area contributed by atoms with Gasteiger partial charge in [-0.05, 0) is 51.0 Å². The lowest BCUT2D eigenvalue weighted by Crippen LogP contribution is -2.43. The maximum atomic E-state index is 13.1. The summed E-state index contributed by atoms with van der Waals surface area (Å²) in [5.41, 5.74) is 1.76. The average Bonchev–Trinajstić information content (AvgIpc) is 2.58. The average molecular weight is 368 g/mol. The van der Waals surface area contributed by atoms with Crippen LogP contribution in [0.1, 0.15) is 29.9 Å². The van der Waals surface area contributed by atoms with E-state index >= 15 is 0 Å². The molecule has 1 fully saturated rings. The fourth-order valence-corrected chi connectivity index (χ4v) is 3.12. The van der Waals surface area contributed by atoms with E-state index in [4.69, 9.17) is 0 Å². The Kier molecular flexibility index (Phi) is 5.02. The molecule has 1 aliphatic rings. The standard InChI is InChI=1S/C18H20F4N4/c1-11-12(2)23-17(18(20,21)22)25-16(11)26-9-3-4-15(10-26)24-14-7-5-13(19)6-8-14/h5-8,15,24H,3-4,9-10H2,1-2H3/t15-/m1/s1. The van der Waals surface area contributed by atoms with Gasteiger partial charge in [0.2, 0.25) is 5.82 Å². The highest BCUT2D eigenvalue weighted by molar-refractivity contribution is 5.50. The van der Waals surface area contributed by atoms with Crippen molar-refractivity contribution >= 4 is 11.5 Å². The zero-order valence-electron chi connectivity index (χ0n) is 14.6. The molecule has 26 heavy (non-hydrogen) atoms. The van der Waals surface area contributed by atoms with Crippen molar-refractivity contribution in [3.8, 4) is 0 Å². The fourth-order valence-electron chi connectivity index (χ4n) is 3.12. The normalized spacial score (nSPS) is 18.1. The molecule has 1 aliphatic heterocycles. The van der Waals surface area contributed by atoms with Crippen molar-refractivity contribution < 1.29 is 17.6 Å². The Morgan fingerprint density at radius 3 is 2.46 bits per heavy atom. The largest absolute Gasteiger partial charge is 0.451 e. The van der Waals surface area contributed by atoms with Crippen LogP contribution < -0.4 is 10.2 Å². The molecule has 1 N–H and O–H groups in total. The Morgan fingerprint density at radius 2 is 1.81 bits per heavy atom. The lowest BCUT2D eigenvalue weighted by molar-refractivity contribution is -0.145. The van der Waals surface area contributed by atoms with Gasteiger partial charge in [0.15, 0.2) is 0 Å².